The van der Waals surface area contributed by atoms with Gasteiger partial charge in [-0.15, -0.1) is 11.3 Å². The zero-order chi connectivity index (χ0) is 17.4. The number of rotatable bonds is 4. The van der Waals surface area contributed by atoms with Gasteiger partial charge >= 0.3 is 0 Å². The number of aromatic nitrogens is 1. The van der Waals surface area contributed by atoms with Crippen LogP contribution in [0.5, 0.6) is 0 Å². The molecule has 1 aliphatic heterocycles. The zero-order valence-corrected chi connectivity index (χ0v) is 15.7. The Morgan fingerprint density at radius 3 is 2.72 bits per heavy atom. The summed E-state index contributed by atoms with van der Waals surface area (Å²) in [5.41, 5.74) is 3.85. The van der Waals surface area contributed by atoms with Crippen LogP contribution >= 0.6 is 11.3 Å². The zero-order valence-electron chi connectivity index (χ0n) is 14.9. The van der Waals surface area contributed by atoms with Crippen molar-refractivity contribution >= 4 is 22.4 Å². The molecule has 2 fully saturated rings. The van der Waals surface area contributed by atoms with Crippen molar-refractivity contribution in [3.8, 4) is 0 Å². The highest BCUT2D eigenvalue weighted by Gasteiger charge is 2.57. The molecular weight excluding hydrogens is 330 g/mol. The van der Waals surface area contributed by atoms with Crippen molar-refractivity contribution in [2.24, 2.45) is 11.3 Å². The summed E-state index contributed by atoms with van der Waals surface area (Å²) in [5.74, 6) is 0.344. The van der Waals surface area contributed by atoms with Crippen LogP contribution in [-0.4, -0.2) is 24.0 Å². The molecule has 1 saturated carbocycles. The molecule has 4 nitrogen and oxygen atoms in total. The molecule has 4 rings (SSSR count). The summed E-state index contributed by atoms with van der Waals surface area (Å²) >= 11 is 1.61. The fourth-order valence-electron chi connectivity index (χ4n) is 3.92. The monoisotopic (exact) mass is 355 g/mol. The van der Waals surface area contributed by atoms with Crippen LogP contribution in [0.25, 0.3) is 0 Å². The molecule has 1 saturated heterocycles. The molecule has 2 aliphatic rings. The molecule has 5 heteroatoms. The molecular formula is C20H25N3OS. The van der Waals surface area contributed by atoms with E-state index in [0.29, 0.717) is 0 Å². The second-order valence-corrected chi connectivity index (χ2v) is 8.63. The molecule has 2 N–H and O–H groups in total. The Balaban J connectivity index is 1.40. The van der Waals surface area contributed by atoms with Gasteiger partial charge in [0.25, 0.3) is 0 Å². The Kier molecular flexibility index (Phi) is 4.38. The van der Waals surface area contributed by atoms with Crippen LogP contribution in [0, 0.1) is 25.2 Å². The van der Waals surface area contributed by atoms with Crippen molar-refractivity contribution < 1.29 is 4.79 Å². The minimum Gasteiger partial charge on any atom is -0.317 e. The van der Waals surface area contributed by atoms with Gasteiger partial charge in [0.2, 0.25) is 5.91 Å². The maximum Gasteiger partial charge on any atom is 0.229 e. The first-order chi connectivity index (χ1) is 12.1. The van der Waals surface area contributed by atoms with E-state index in [-0.39, 0.29) is 17.2 Å². The lowest BCUT2D eigenvalue weighted by Gasteiger charge is -2.22. The molecule has 1 aromatic heterocycles. The lowest BCUT2D eigenvalue weighted by Crippen LogP contribution is -2.31. The normalized spacial score (nSPS) is 21.3. The summed E-state index contributed by atoms with van der Waals surface area (Å²) in [6, 6.07) is 8.61. The van der Waals surface area contributed by atoms with Gasteiger partial charge in [0, 0.05) is 17.2 Å². The fourth-order valence-corrected chi connectivity index (χ4v) is 4.92. The largest absolute Gasteiger partial charge is 0.317 e. The molecule has 1 spiro atoms. The number of benzene rings is 1. The third kappa shape index (κ3) is 3.48. The summed E-state index contributed by atoms with van der Waals surface area (Å²) in [5, 5.41) is 7.22. The van der Waals surface area contributed by atoms with Crippen LogP contribution in [0.1, 0.15) is 41.0 Å². The van der Waals surface area contributed by atoms with E-state index < -0.39 is 0 Å². The van der Waals surface area contributed by atoms with E-state index in [4.69, 9.17) is 0 Å². The number of nitrogens with zero attached hydrogens (tertiary/aromatic N) is 1. The van der Waals surface area contributed by atoms with E-state index >= 15 is 0 Å². The molecule has 2 aromatic rings. The number of hydrogen-bond donors (Lipinski definition) is 2. The lowest BCUT2D eigenvalue weighted by molar-refractivity contribution is -0.118. The Morgan fingerprint density at radius 2 is 2.00 bits per heavy atom. The second kappa shape index (κ2) is 6.54. The maximum atomic E-state index is 12.6. The van der Waals surface area contributed by atoms with Crippen LogP contribution in [0.2, 0.25) is 0 Å². The number of aryl methyl sites for hydroxylation is 2. The Morgan fingerprint density at radius 1 is 1.28 bits per heavy atom. The average molecular weight is 356 g/mol. The van der Waals surface area contributed by atoms with Crippen LogP contribution in [0.15, 0.2) is 24.3 Å². The van der Waals surface area contributed by atoms with Gasteiger partial charge in [0.05, 0.1) is 5.69 Å². The van der Waals surface area contributed by atoms with Gasteiger partial charge in [-0.2, -0.15) is 0 Å². The number of nitrogens with one attached hydrogen (secondary N) is 2. The van der Waals surface area contributed by atoms with E-state index in [1.807, 2.05) is 6.92 Å². The highest BCUT2D eigenvalue weighted by molar-refractivity contribution is 7.15. The van der Waals surface area contributed by atoms with Gasteiger partial charge in [-0.05, 0) is 57.2 Å². The maximum absolute atomic E-state index is 12.6. The van der Waals surface area contributed by atoms with Crippen molar-refractivity contribution in [2.75, 3.05) is 18.4 Å². The molecule has 0 bridgehead atoms. The standard InChI is InChI=1S/C20H25N3OS/c1-13-3-5-15(6-4-13)11-17-14(2)22-19(25-17)23-18(24)16-12-20(16)7-9-21-10-8-20/h3-6,16,21H,7-12H2,1-2H3,(H,22,23,24). The lowest BCUT2D eigenvalue weighted by atomic mass is 9.92. The number of piperidine rings is 1. The predicted octanol–water partition coefficient (Wildman–Crippen LogP) is 3.68. The van der Waals surface area contributed by atoms with E-state index in [9.17, 15) is 4.79 Å². The van der Waals surface area contributed by atoms with Gasteiger partial charge < -0.3 is 10.6 Å². The SMILES string of the molecule is Cc1ccc(Cc2sc(NC(=O)C3CC34CCNCC4)nc2C)cc1. The summed E-state index contributed by atoms with van der Waals surface area (Å²) in [4.78, 5) is 18.4. The second-order valence-electron chi connectivity index (χ2n) is 7.55. The number of carbonyl (C=O) groups excluding carboxylic acids is 1. The summed E-state index contributed by atoms with van der Waals surface area (Å²) < 4.78 is 0. The van der Waals surface area contributed by atoms with E-state index in [0.717, 1.165) is 49.6 Å². The minimum absolute atomic E-state index is 0.164. The summed E-state index contributed by atoms with van der Waals surface area (Å²) in [6.45, 7) is 6.21. The van der Waals surface area contributed by atoms with Gasteiger partial charge in [-0.1, -0.05) is 29.8 Å². The third-order valence-electron chi connectivity index (χ3n) is 5.71. The molecule has 0 radical (unpaired) electrons. The summed E-state index contributed by atoms with van der Waals surface area (Å²) in [7, 11) is 0. The van der Waals surface area contributed by atoms with Crippen molar-refractivity contribution in [1.29, 1.82) is 0 Å². The highest BCUT2D eigenvalue weighted by atomic mass is 32.1. The Labute approximate surface area is 153 Å². The molecule has 1 aliphatic carbocycles. The van der Waals surface area contributed by atoms with E-state index in [2.05, 4.69) is 46.8 Å². The van der Waals surface area contributed by atoms with Gasteiger partial charge in [0.15, 0.2) is 5.13 Å². The van der Waals surface area contributed by atoms with Gasteiger partial charge in [-0.25, -0.2) is 4.98 Å². The van der Waals surface area contributed by atoms with Crippen molar-refractivity contribution in [2.45, 2.75) is 39.5 Å². The average Bonchev–Trinajstić information content (AvgIpc) is 3.18. The first-order valence-electron chi connectivity index (χ1n) is 9.09. The van der Waals surface area contributed by atoms with Crippen LogP contribution in [-0.2, 0) is 11.2 Å². The molecule has 1 atom stereocenters. The van der Waals surface area contributed by atoms with Gasteiger partial charge in [0.1, 0.15) is 0 Å². The van der Waals surface area contributed by atoms with Crippen LogP contribution in [0.4, 0.5) is 5.13 Å². The number of carbonyl (C=O) groups is 1. The Bertz CT molecular complexity index is 775. The number of thiazole rings is 1. The smallest absolute Gasteiger partial charge is 0.229 e. The molecule has 1 aromatic carbocycles. The number of hydrogen-bond acceptors (Lipinski definition) is 4. The Hall–Kier alpha value is -1.72. The van der Waals surface area contributed by atoms with Crippen molar-refractivity contribution in [3.63, 3.8) is 0 Å². The fraction of sp³-hybridized carbons (Fsp3) is 0.500. The van der Waals surface area contributed by atoms with E-state index in [1.165, 1.54) is 16.0 Å². The van der Waals surface area contributed by atoms with Crippen LogP contribution < -0.4 is 10.6 Å². The van der Waals surface area contributed by atoms with Crippen LogP contribution in [0.3, 0.4) is 0 Å². The van der Waals surface area contributed by atoms with Crippen molar-refractivity contribution in [3.05, 3.63) is 46.0 Å². The first-order valence-corrected chi connectivity index (χ1v) is 9.91. The van der Waals surface area contributed by atoms with Crippen molar-refractivity contribution in [1.82, 2.24) is 10.3 Å². The van der Waals surface area contributed by atoms with E-state index in [1.54, 1.807) is 11.3 Å². The number of amides is 1. The molecule has 1 amide bonds. The topological polar surface area (TPSA) is 54.0 Å². The highest BCUT2D eigenvalue weighted by Crippen LogP contribution is 2.58. The minimum atomic E-state index is 0.164. The molecule has 25 heavy (non-hydrogen) atoms. The van der Waals surface area contributed by atoms with Gasteiger partial charge in [-0.3, -0.25) is 4.79 Å². The first kappa shape index (κ1) is 16.7. The molecule has 2 heterocycles. The third-order valence-corrected chi connectivity index (χ3v) is 6.79. The summed E-state index contributed by atoms with van der Waals surface area (Å²) in [6.07, 6.45) is 4.17. The predicted molar refractivity (Wildman–Crippen MR) is 102 cm³/mol. The molecule has 132 valence electrons. The molecule has 1 unspecified atom stereocenters. The quantitative estimate of drug-likeness (QED) is 0.880. The number of anilines is 1.